The van der Waals surface area contributed by atoms with Crippen LogP contribution in [0.15, 0.2) is 66.7 Å². The Hall–Kier alpha value is -3.50. The van der Waals surface area contributed by atoms with Crippen molar-refractivity contribution in [3.05, 3.63) is 89.2 Å². The molecule has 0 aliphatic rings. The summed E-state index contributed by atoms with van der Waals surface area (Å²) in [5.74, 6) is -4.00. The minimum Gasteiger partial charge on any atom is -0.429 e. The van der Waals surface area contributed by atoms with Gasteiger partial charge in [0.25, 0.3) is 0 Å². The van der Waals surface area contributed by atoms with Gasteiger partial charge in [-0.1, -0.05) is 31.9 Å². The molecule has 0 radical (unpaired) electrons. The summed E-state index contributed by atoms with van der Waals surface area (Å²) >= 11 is 0. The second-order valence-electron chi connectivity index (χ2n) is 8.06. The molecule has 0 atom stereocenters. The van der Waals surface area contributed by atoms with E-state index in [0.717, 1.165) is 55.5 Å². The van der Waals surface area contributed by atoms with Crippen LogP contribution < -0.4 is 14.2 Å². The molecule has 0 spiro atoms. The molecule has 3 aromatic carbocycles. The molecule has 0 saturated carbocycles. The number of hydrogen-bond acceptors (Lipinski definition) is 3. The first-order valence-electron chi connectivity index (χ1n) is 11.2. The molecule has 11 heteroatoms. The van der Waals surface area contributed by atoms with E-state index in [-0.39, 0.29) is 0 Å². The van der Waals surface area contributed by atoms with Crippen molar-refractivity contribution in [3.63, 3.8) is 0 Å². The molecule has 0 aliphatic heterocycles. The lowest BCUT2D eigenvalue weighted by Gasteiger charge is -2.21. The second kappa shape index (κ2) is 11.3. The smallest absolute Gasteiger partial charge is 0.429 e. The van der Waals surface area contributed by atoms with Crippen molar-refractivity contribution in [3.8, 4) is 17.2 Å². The maximum absolute atomic E-state index is 14.6. The van der Waals surface area contributed by atoms with E-state index in [4.69, 9.17) is 4.74 Å². The zero-order chi connectivity index (χ0) is 27.3. The van der Waals surface area contributed by atoms with E-state index >= 15 is 0 Å². The predicted octanol–water partition coefficient (Wildman–Crippen LogP) is 8.71. The van der Waals surface area contributed by atoms with E-state index < -0.39 is 52.8 Å². The number of rotatable bonds is 11. The Kier molecular flexibility index (Phi) is 8.55. The fourth-order valence-corrected chi connectivity index (χ4v) is 3.33. The summed E-state index contributed by atoms with van der Waals surface area (Å²) in [4.78, 5) is 0. The Bertz CT molecular complexity index is 1160. The highest BCUT2D eigenvalue weighted by atomic mass is 19.4. The maximum Gasteiger partial charge on any atom is 0.573 e. The highest BCUT2D eigenvalue weighted by Gasteiger charge is 2.37. The fraction of sp³-hybridized carbons (Fsp3) is 0.308. The summed E-state index contributed by atoms with van der Waals surface area (Å²) in [6, 6.07) is 10.3. The van der Waals surface area contributed by atoms with Crippen molar-refractivity contribution >= 4 is 0 Å². The SMILES string of the molecule is CCCCCc1ccc(C(F)(F)Oc2ccc(C(F)(F)Oc3ccc(OC(F)(F)F)c(F)c3)cc2)cc1. The first-order valence-corrected chi connectivity index (χ1v) is 11.2. The predicted molar refractivity (Wildman–Crippen MR) is 118 cm³/mol. The van der Waals surface area contributed by atoms with Gasteiger partial charge in [0.2, 0.25) is 0 Å². The molecule has 0 amide bonds. The summed E-state index contributed by atoms with van der Waals surface area (Å²) in [6.07, 6.45) is -9.22. The molecule has 0 saturated heterocycles. The number of alkyl halides is 7. The van der Waals surface area contributed by atoms with E-state index in [2.05, 4.69) is 16.4 Å². The zero-order valence-corrected chi connectivity index (χ0v) is 19.4. The standard InChI is InChI=1S/C26H22F8O3/c1-2-3-4-5-17-6-8-18(9-7-17)24(28,29)35-20-12-10-19(11-13-20)25(30,31)36-21-14-15-23(22(27)16-21)37-26(32,33)34/h6-16H,2-5H2,1H3. The van der Waals surface area contributed by atoms with Crippen molar-refractivity contribution in [1.29, 1.82) is 0 Å². The number of halogens is 8. The van der Waals surface area contributed by atoms with Gasteiger partial charge in [-0.05, 0) is 66.9 Å². The lowest BCUT2D eigenvalue weighted by Crippen LogP contribution is -2.23. The molecule has 3 rings (SSSR count). The van der Waals surface area contributed by atoms with Crippen LogP contribution in [-0.2, 0) is 18.6 Å². The molecule has 0 bridgehead atoms. The van der Waals surface area contributed by atoms with Crippen LogP contribution in [-0.4, -0.2) is 6.36 Å². The lowest BCUT2D eigenvalue weighted by molar-refractivity contribution is -0.275. The largest absolute Gasteiger partial charge is 0.573 e. The van der Waals surface area contributed by atoms with Crippen molar-refractivity contribution < 1.29 is 49.3 Å². The quantitative estimate of drug-likeness (QED) is 0.182. The van der Waals surface area contributed by atoms with Crippen LogP contribution in [0.25, 0.3) is 0 Å². The second-order valence-corrected chi connectivity index (χ2v) is 8.06. The molecule has 3 aromatic rings. The van der Waals surface area contributed by atoms with Gasteiger partial charge in [-0.25, -0.2) is 4.39 Å². The molecule has 37 heavy (non-hydrogen) atoms. The number of ether oxygens (including phenoxy) is 3. The van der Waals surface area contributed by atoms with Gasteiger partial charge < -0.3 is 14.2 Å². The van der Waals surface area contributed by atoms with Crippen molar-refractivity contribution in [2.45, 2.75) is 51.2 Å². The third-order valence-electron chi connectivity index (χ3n) is 5.17. The van der Waals surface area contributed by atoms with Crippen LogP contribution >= 0.6 is 0 Å². The Morgan fingerprint density at radius 2 is 1.14 bits per heavy atom. The van der Waals surface area contributed by atoms with Gasteiger partial charge in [0.05, 0.1) is 11.1 Å². The van der Waals surface area contributed by atoms with E-state index in [1.807, 2.05) is 0 Å². The summed E-state index contributed by atoms with van der Waals surface area (Å²) < 4.78 is 121. The Labute approximate surface area is 207 Å². The van der Waals surface area contributed by atoms with Crippen LogP contribution in [0.5, 0.6) is 17.2 Å². The minimum atomic E-state index is -5.18. The number of aryl methyl sites for hydroxylation is 1. The van der Waals surface area contributed by atoms with Crippen molar-refractivity contribution in [2.75, 3.05) is 0 Å². The van der Waals surface area contributed by atoms with Gasteiger partial charge in [0.1, 0.15) is 11.5 Å². The molecule has 0 aromatic heterocycles. The van der Waals surface area contributed by atoms with Gasteiger partial charge in [-0.15, -0.1) is 13.2 Å². The zero-order valence-electron chi connectivity index (χ0n) is 19.4. The fourth-order valence-electron chi connectivity index (χ4n) is 3.33. The normalized spacial score (nSPS) is 12.4. The van der Waals surface area contributed by atoms with Gasteiger partial charge in [-0.2, -0.15) is 17.6 Å². The van der Waals surface area contributed by atoms with Gasteiger partial charge in [0, 0.05) is 6.07 Å². The summed E-state index contributed by atoms with van der Waals surface area (Å²) in [6.45, 7) is 2.06. The van der Waals surface area contributed by atoms with Crippen LogP contribution in [0.3, 0.4) is 0 Å². The van der Waals surface area contributed by atoms with Crippen LogP contribution in [0.2, 0.25) is 0 Å². The molecule has 0 N–H and O–H groups in total. The Morgan fingerprint density at radius 1 is 0.622 bits per heavy atom. The number of hydrogen-bond donors (Lipinski definition) is 0. The molecule has 200 valence electrons. The van der Waals surface area contributed by atoms with E-state index in [0.29, 0.717) is 18.2 Å². The molecule has 0 fully saturated rings. The first-order chi connectivity index (χ1) is 17.3. The van der Waals surface area contributed by atoms with Crippen molar-refractivity contribution in [1.82, 2.24) is 0 Å². The molecule has 0 heterocycles. The van der Waals surface area contributed by atoms with E-state index in [9.17, 15) is 35.1 Å². The highest BCUT2D eigenvalue weighted by molar-refractivity contribution is 5.35. The number of unbranched alkanes of at least 4 members (excludes halogenated alkanes) is 2. The topological polar surface area (TPSA) is 27.7 Å². The summed E-state index contributed by atoms with van der Waals surface area (Å²) in [5.41, 5.74) is -0.304. The molecular formula is C26H22F8O3. The molecule has 3 nitrogen and oxygen atoms in total. The first kappa shape index (κ1) is 28.1. The van der Waals surface area contributed by atoms with Gasteiger partial charge >= 0.3 is 18.6 Å². The summed E-state index contributed by atoms with van der Waals surface area (Å²) in [5, 5.41) is 0. The van der Waals surface area contributed by atoms with Gasteiger partial charge in [0.15, 0.2) is 11.6 Å². The molecule has 0 aliphatic carbocycles. The lowest BCUT2D eigenvalue weighted by atomic mass is 10.1. The Morgan fingerprint density at radius 3 is 1.65 bits per heavy atom. The maximum atomic E-state index is 14.6. The van der Waals surface area contributed by atoms with E-state index in [1.54, 1.807) is 12.1 Å². The monoisotopic (exact) mass is 534 g/mol. The third-order valence-corrected chi connectivity index (χ3v) is 5.17. The minimum absolute atomic E-state index is 0.294. The van der Waals surface area contributed by atoms with Crippen molar-refractivity contribution in [2.24, 2.45) is 0 Å². The van der Waals surface area contributed by atoms with Crippen LogP contribution in [0.4, 0.5) is 35.1 Å². The van der Waals surface area contributed by atoms with E-state index in [1.165, 1.54) is 12.1 Å². The average molecular weight is 534 g/mol. The Balaban J connectivity index is 1.66. The van der Waals surface area contributed by atoms with Gasteiger partial charge in [-0.3, -0.25) is 0 Å². The van der Waals surface area contributed by atoms with Crippen LogP contribution in [0, 0.1) is 5.82 Å². The average Bonchev–Trinajstić information content (AvgIpc) is 2.80. The third kappa shape index (κ3) is 7.99. The highest BCUT2D eigenvalue weighted by Crippen LogP contribution is 2.37. The number of benzene rings is 3. The molecule has 0 unspecified atom stereocenters. The summed E-state index contributed by atoms with van der Waals surface area (Å²) in [7, 11) is 0. The molecular weight excluding hydrogens is 512 g/mol. The van der Waals surface area contributed by atoms with Crippen LogP contribution in [0.1, 0.15) is 42.9 Å².